The van der Waals surface area contributed by atoms with Crippen LogP contribution in [0.25, 0.3) is 32.8 Å². The van der Waals surface area contributed by atoms with Gasteiger partial charge >= 0.3 is 5.97 Å². The maximum atomic E-state index is 12.7. The van der Waals surface area contributed by atoms with Gasteiger partial charge in [0.1, 0.15) is 0 Å². The van der Waals surface area contributed by atoms with Crippen LogP contribution in [0.4, 0.5) is 0 Å². The minimum absolute atomic E-state index is 0.267. The summed E-state index contributed by atoms with van der Waals surface area (Å²) in [5, 5.41) is 6.56. The van der Waals surface area contributed by atoms with Crippen molar-refractivity contribution in [3.8, 4) is 11.1 Å². The van der Waals surface area contributed by atoms with Crippen LogP contribution in [0.2, 0.25) is 0 Å². The Hall–Kier alpha value is -3.11. The summed E-state index contributed by atoms with van der Waals surface area (Å²) in [5.74, 6) is -0.267. The number of aromatic nitrogens is 1. The third-order valence-corrected chi connectivity index (χ3v) is 5.49. The van der Waals surface area contributed by atoms with E-state index in [4.69, 9.17) is 4.74 Å². The highest BCUT2D eigenvalue weighted by Crippen LogP contribution is 2.34. The average molecular weight is 386 g/mol. The number of nitrogens with one attached hydrogen (secondary N) is 1. The van der Waals surface area contributed by atoms with Crippen LogP contribution in [0.1, 0.15) is 28.5 Å². The molecule has 0 fully saturated rings. The van der Waals surface area contributed by atoms with Gasteiger partial charge in [0, 0.05) is 30.2 Å². The van der Waals surface area contributed by atoms with E-state index >= 15 is 0 Å². The van der Waals surface area contributed by atoms with Gasteiger partial charge in [-0.05, 0) is 48.9 Å². The fraction of sp³-hybridized carbons (Fsp3) is 0.240. The molecule has 0 radical (unpaired) electrons. The number of rotatable bonds is 5. The number of esters is 1. The normalized spacial score (nSPS) is 11.3. The number of carbonyl (C=O) groups is 1. The van der Waals surface area contributed by atoms with Crippen LogP contribution in [-0.4, -0.2) is 24.2 Å². The Morgan fingerprint density at radius 3 is 2.66 bits per heavy atom. The molecule has 0 saturated heterocycles. The number of fused-ring (bicyclic) bond motifs is 2. The molecule has 0 saturated carbocycles. The van der Waals surface area contributed by atoms with Gasteiger partial charge in [-0.25, -0.2) is 4.79 Å². The molecule has 29 heavy (non-hydrogen) atoms. The molecule has 1 heterocycles. The predicted molar refractivity (Wildman–Crippen MR) is 119 cm³/mol. The van der Waals surface area contributed by atoms with Crippen molar-refractivity contribution in [1.82, 2.24) is 9.88 Å². The van der Waals surface area contributed by atoms with E-state index in [-0.39, 0.29) is 5.97 Å². The van der Waals surface area contributed by atoms with E-state index in [1.807, 2.05) is 27.1 Å². The Kier molecular flexibility index (Phi) is 5.12. The van der Waals surface area contributed by atoms with Crippen LogP contribution in [0.15, 0.2) is 54.6 Å². The first kappa shape index (κ1) is 19.2. The Labute approximate surface area is 171 Å². The first-order chi connectivity index (χ1) is 14.0. The summed E-state index contributed by atoms with van der Waals surface area (Å²) in [4.78, 5) is 12.7. The zero-order chi connectivity index (χ0) is 20.5. The highest BCUT2D eigenvalue weighted by molar-refractivity contribution is 6.07. The maximum Gasteiger partial charge on any atom is 0.340 e. The molecule has 1 N–H and O–H groups in total. The first-order valence-electron chi connectivity index (χ1n) is 9.98. The molecule has 0 spiro atoms. The summed E-state index contributed by atoms with van der Waals surface area (Å²) in [6.45, 7) is 4.91. The number of aryl methyl sites for hydroxylation is 2. The highest BCUT2D eigenvalue weighted by Gasteiger charge is 2.22. The van der Waals surface area contributed by atoms with Crippen molar-refractivity contribution >= 4 is 27.6 Å². The topological polar surface area (TPSA) is 43.3 Å². The largest absolute Gasteiger partial charge is 0.462 e. The Bertz CT molecular complexity index is 1220. The Morgan fingerprint density at radius 2 is 1.90 bits per heavy atom. The second-order valence-electron chi connectivity index (χ2n) is 7.39. The molecule has 0 aliphatic carbocycles. The molecule has 0 aliphatic heterocycles. The molecule has 4 aromatic rings. The Morgan fingerprint density at radius 1 is 1.07 bits per heavy atom. The molecule has 3 aromatic carbocycles. The molecule has 0 bridgehead atoms. The van der Waals surface area contributed by atoms with Crippen LogP contribution < -0.4 is 5.32 Å². The number of carbonyl (C=O) groups excluding carboxylic acids is 1. The zero-order valence-corrected chi connectivity index (χ0v) is 17.4. The summed E-state index contributed by atoms with van der Waals surface area (Å²) in [6, 6.07) is 19.3. The first-order valence-corrected chi connectivity index (χ1v) is 9.98. The second-order valence-corrected chi connectivity index (χ2v) is 7.39. The monoisotopic (exact) mass is 386 g/mol. The van der Waals surface area contributed by atoms with E-state index < -0.39 is 0 Å². The molecular weight excluding hydrogens is 360 g/mol. The number of nitrogens with zero attached hydrogens (tertiary/aromatic N) is 1. The number of hydrogen-bond acceptors (Lipinski definition) is 3. The van der Waals surface area contributed by atoms with Crippen molar-refractivity contribution in [3.05, 3.63) is 71.4 Å². The Balaban J connectivity index is 1.95. The fourth-order valence-corrected chi connectivity index (χ4v) is 4.10. The molecule has 0 atom stereocenters. The minimum atomic E-state index is -0.267. The van der Waals surface area contributed by atoms with Gasteiger partial charge in [0.15, 0.2) is 0 Å². The average Bonchev–Trinajstić information content (AvgIpc) is 2.99. The van der Waals surface area contributed by atoms with Gasteiger partial charge in [0.05, 0.1) is 12.2 Å². The van der Waals surface area contributed by atoms with Gasteiger partial charge in [-0.1, -0.05) is 54.1 Å². The maximum absolute atomic E-state index is 12.7. The quantitative estimate of drug-likeness (QED) is 0.479. The lowest BCUT2D eigenvalue weighted by molar-refractivity contribution is 0.0527. The lowest BCUT2D eigenvalue weighted by atomic mass is 9.96. The van der Waals surface area contributed by atoms with E-state index in [1.54, 1.807) is 0 Å². The molecule has 148 valence electrons. The smallest absolute Gasteiger partial charge is 0.340 e. The molecule has 1 aromatic heterocycles. The van der Waals surface area contributed by atoms with Gasteiger partial charge in [-0.2, -0.15) is 0 Å². The van der Waals surface area contributed by atoms with Crippen molar-refractivity contribution in [1.29, 1.82) is 0 Å². The predicted octanol–water partition coefficient (Wildman–Crippen LogP) is 5.20. The molecule has 0 amide bonds. The van der Waals surface area contributed by atoms with E-state index in [0.717, 1.165) is 22.2 Å². The summed E-state index contributed by atoms with van der Waals surface area (Å²) < 4.78 is 7.44. The lowest BCUT2D eigenvalue weighted by Crippen LogP contribution is -2.14. The zero-order valence-electron chi connectivity index (χ0n) is 17.4. The summed E-state index contributed by atoms with van der Waals surface area (Å²) in [5.41, 5.74) is 6.19. The van der Waals surface area contributed by atoms with E-state index in [2.05, 4.69) is 65.3 Å². The summed E-state index contributed by atoms with van der Waals surface area (Å²) in [7, 11) is 3.89. The van der Waals surface area contributed by atoms with Crippen LogP contribution in [0.3, 0.4) is 0 Å². The van der Waals surface area contributed by atoms with Crippen molar-refractivity contribution in [3.63, 3.8) is 0 Å². The van der Waals surface area contributed by atoms with Gasteiger partial charge < -0.3 is 14.6 Å². The SMILES string of the molecule is CCOC(=O)c1c(CNC)n(C)c2cc(-c3cccc4ccc(C)cc34)ccc12. The lowest BCUT2D eigenvalue weighted by Gasteiger charge is -2.09. The summed E-state index contributed by atoms with van der Waals surface area (Å²) in [6.07, 6.45) is 0. The van der Waals surface area contributed by atoms with Gasteiger partial charge in [0.2, 0.25) is 0 Å². The van der Waals surface area contributed by atoms with Gasteiger partial charge in [0.25, 0.3) is 0 Å². The third-order valence-electron chi connectivity index (χ3n) is 5.49. The molecule has 4 rings (SSSR count). The summed E-state index contributed by atoms with van der Waals surface area (Å²) >= 11 is 0. The molecule has 4 heteroatoms. The van der Waals surface area contributed by atoms with Crippen molar-refractivity contribution in [2.45, 2.75) is 20.4 Å². The van der Waals surface area contributed by atoms with Crippen LogP contribution >= 0.6 is 0 Å². The molecule has 0 unspecified atom stereocenters. The fourth-order valence-electron chi connectivity index (χ4n) is 4.10. The highest BCUT2D eigenvalue weighted by atomic mass is 16.5. The van der Waals surface area contributed by atoms with Crippen LogP contribution in [0.5, 0.6) is 0 Å². The van der Waals surface area contributed by atoms with Crippen LogP contribution in [0, 0.1) is 6.92 Å². The van der Waals surface area contributed by atoms with Gasteiger partial charge in [-0.15, -0.1) is 0 Å². The molecule has 0 aliphatic rings. The van der Waals surface area contributed by atoms with Gasteiger partial charge in [-0.3, -0.25) is 0 Å². The number of ether oxygens (including phenoxy) is 1. The molecule has 4 nitrogen and oxygen atoms in total. The van der Waals surface area contributed by atoms with Crippen LogP contribution in [-0.2, 0) is 18.3 Å². The number of hydrogen-bond donors (Lipinski definition) is 1. The number of benzene rings is 3. The molecular formula is C25H26N2O2. The van der Waals surface area contributed by atoms with E-state index in [0.29, 0.717) is 18.7 Å². The van der Waals surface area contributed by atoms with Crippen molar-refractivity contribution in [2.75, 3.05) is 13.7 Å². The van der Waals surface area contributed by atoms with Crippen molar-refractivity contribution < 1.29 is 9.53 Å². The van der Waals surface area contributed by atoms with Crippen molar-refractivity contribution in [2.24, 2.45) is 7.05 Å². The minimum Gasteiger partial charge on any atom is -0.462 e. The second kappa shape index (κ2) is 7.72. The third kappa shape index (κ3) is 3.30. The standard InChI is InChI=1S/C25H26N2O2/c1-5-29-25(28)24-20-12-11-18(14-22(20)27(4)23(24)15-26-3)19-8-6-7-17-10-9-16(2)13-21(17)19/h6-14,26H,5,15H2,1-4H3. The van der Waals surface area contributed by atoms with E-state index in [9.17, 15) is 4.79 Å². The van der Waals surface area contributed by atoms with E-state index in [1.165, 1.54) is 21.9 Å².